The molecule has 2 aromatic rings. The Hall–Kier alpha value is -2.00. The van der Waals surface area contributed by atoms with E-state index in [0.717, 1.165) is 17.9 Å². The minimum absolute atomic E-state index is 0.0122. The van der Waals surface area contributed by atoms with Crippen LogP contribution in [0, 0.1) is 0 Å². The Labute approximate surface area is 126 Å². The maximum Gasteiger partial charge on any atom is 0.119 e. The van der Waals surface area contributed by atoms with Crippen molar-refractivity contribution in [3.8, 4) is 11.5 Å². The van der Waals surface area contributed by atoms with E-state index < -0.39 is 6.10 Å². The van der Waals surface area contributed by atoms with Gasteiger partial charge in [-0.1, -0.05) is 43.3 Å². The first-order valence-corrected chi connectivity index (χ1v) is 7.35. The highest BCUT2D eigenvalue weighted by Crippen LogP contribution is 2.16. The number of hydrogen-bond donors (Lipinski definition) is 1. The lowest BCUT2D eigenvalue weighted by Crippen LogP contribution is -2.27. The minimum atomic E-state index is -0.543. The molecular formula is C18H22O3. The van der Waals surface area contributed by atoms with Crippen LogP contribution in [-0.2, 0) is 0 Å². The van der Waals surface area contributed by atoms with E-state index in [1.54, 1.807) is 0 Å². The van der Waals surface area contributed by atoms with Crippen LogP contribution in [0.25, 0.3) is 0 Å². The van der Waals surface area contributed by atoms with Crippen LogP contribution in [-0.4, -0.2) is 23.9 Å². The summed E-state index contributed by atoms with van der Waals surface area (Å²) in [6.07, 6.45) is 0.843. The second-order valence-electron chi connectivity index (χ2n) is 4.97. The van der Waals surface area contributed by atoms with Gasteiger partial charge in [0.05, 0.1) is 6.10 Å². The van der Waals surface area contributed by atoms with Gasteiger partial charge in [-0.3, -0.25) is 0 Å². The summed E-state index contributed by atoms with van der Waals surface area (Å²) >= 11 is 0. The van der Waals surface area contributed by atoms with E-state index in [1.807, 2.05) is 60.7 Å². The molecule has 0 heterocycles. The van der Waals surface area contributed by atoms with Crippen molar-refractivity contribution in [3.05, 3.63) is 60.7 Å². The fourth-order valence-electron chi connectivity index (χ4n) is 2.07. The van der Waals surface area contributed by atoms with Crippen molar-refractivity contribution in [1.82, 2.24) is 0 Å². The van der Waals surface area contributed by atoms with E-state index in [2.05, 4.69) is 6.92 Å². The van der Waals surface area contributed by atoms with Crippen molar-refractivity contribution in [2.45, 2.75) is 32.0 Å². The summed E-state index contributed by atoms with van der Waals surface area (Å²) in [6.45, 7) is 2.33. The molecule has 1 N–H and O–H groups in total. The van der Waals surface area contributed by atoms with Gasteiger partial charge >= 0.3 is 0 Å². The Kier molecular flexibility index (Phi) is 6.10. The third-order valence-electron chi connectivity index (χ3n) is 3.22. The van der Waals surface area contributed by atoms with Crippen molar-refractivity contribution < 1.29 is 14.6 Å². The zero-order valence-electron chi connectivity index (χ0n) is 12.3. The quantitative estimate of drug-likeness (QED) is 0.804. The molecule has 112 valence electrons. The number of rotatable bonds is 8. The molecule has 0 bridgehead atoms. The summed E-state index contributed by atoms with van der Waals surface area (Å²) in [7, 11) is 0. The zero-order valence-corrected chi connectivity index (χ0v) is 12.3. The van der Waals surface area contributed by atoms with Gasteiger partial charge in [0, 0.05) is 6.42 Å². The minimum Gasteiger partial charge on any atom is -0.491 e. The van der Waals surface area contributed by atoms with Crippen LogP contribution in [0.1, 0.15) is 19.8 Å². The molecule has 2 unspecified atom stereocenters. The molecule has 0 spiro atoms. The highest BCUT2D eigenvalue weighted by Gasteiger charge is 2.15. The lowest BCUT2D eigenvalue weighted by atomic mass is 10.1. The Morgan fingerprint density at radius 3 is 2.05 bits per heavy atom. The van der Waals surface area contributed by atoms with Crippen molar-refractivity contribution in [2.24, 2.45) is 0 Å². The molecular weight excluding hydrogens is 264 g/mol. The third kappa shape index (κ3) is 5.48. The van der Waals surface area contributed by atoms with Crippen LogP contribution in [0.5, 0.6) is 11.5 Å². The summed E-state index contributed by atoms with van der Waals surface area (Å²) < 4.78 is 11.4. The second-order valence-corrected chi connectivity index (χ2v) is 4.97. The summed E-state index contributed by atoms with van der Waals surface area (Å²) in [5, 5.41) is 10.1. The van der Waals surface area contributed by atoms with Gasteiger partial charge in [0.1, 0.15) is 24.2 Å². The highest BCUT2D eigenvalue weighted by atomic mass is 16.5. The van der Waals surface area contributed by atoms with Gasteiger partial charge in [-0.15, -0.1) is 0 Å². The highest BCUT2D eigenvalue weighted by molar-refractivity contribution is 5.21. The Bertz CT molecular complexity index is 498. The van der Waals surface area contributed by atoms with E-state index >= 15 is 0 Å². The van der Waals surface area contributed by atoms with Gasteiger partial charge in [-0.25, -0.2) is 0 Å². The van der Waals surface area contributed by atoms with Gasteiger partial charge in [-0.05, 0) is 30.7 Å². The van der Waals surface area contributed by atoms with Gasteiger partial charge in [0.15, 0.2) is 0 Å². The van der Waals surface area contributed by atoms with Crippen LogP contribution in [0.4, 0.5) is 0 Å². The molecule has 0 saturated heterocycles. The van der Waals surface area contributed by atoms with E-state index in [-0.39, 0.29) is 12.7 Å². The summed E-state index contributed by atoms with van der Waals surface area (Å²) in [4.78, 5) is 0. The van der Waals surface area contributed by atoms with Crippen LogP contribution in [0.2, 0.25) is 0 Å². The van der Waals surface area contributed by atoms with Crippen molar-refractivity contribution in [2.75, 3.05) is 6.61 Å². The van der Waals surface area contributed by atoms with Crippen LogP contribution in [0.3, 0.4) is 0 Å². The molecule has 3 heteroatoms. The fraction of sp³-hybridized carbons (Fsp3) is 0.333. The number of para-hydroxylation sites is 2. The number of hydrogen-bond acceptors (Lipinski definition) is 3. The molecule has 0 aliphatic rings. The van der Waals surface area contributed by atoms with Gasteiger partial charge in [0.25, 0.3) is 0 Å². The molecule has 2 atom stereocenters. The summed E-state index contributed by atoms with van der Waals surface area (Å²) in [5.41, 5.74) is 0. The predicted octanol–water partition coefficient (Wildman–Crippen LogP) is 3.67. The molecule has 2 aromatic carbocycles. The molecule has 0 aliphatic heterocycles. The fourth-order valence-corrected chi connectivity index (χ4v) is 2.07. The normalized spacial score (nSPS) is 13.4. The first-order chi connectivity index (χ1) is 10.3. The Morgan fingerprint density at radius 2 is 1.48 bits per heavy atom. The number of aliphatic hydroxyl groups excluding tert-OH is 1. The molecule has 0 radical (unpaired) electrons. The molecule has 0 aliphatic carbocycles. The summed E-state index contributed by atoms with van der Waals surface area (Å²) in [5.74, 6) is 1.61. The van der Waals surface area contributed by atoms with Crippen LogP contribution >= 0.6 is 0 Å². The van der Waals surface area contributed by atoms with Gasteiger partial charge < -0.3 is 14.6 Å². The van der Waals surface area contributed by atoms with Crippen LogP contribution < -0.4 is 9.47 Å². The maximum atomic E-state index is 10.1. The predicted molar refractivity (Wildman–Crippen MR) is 83.7 cm³/mol. The molecule has 3 nitrogen and oxygen atoms in total. The number of benzene rings is 2. The average molecular weight is 286 g/mol. The summed E-state index contributed by atoms with van der Waals surface area (Å²) in [6, 6.07) is 19.2. The van der Waals surface area contributed by atoms with Crippen molar-refractivity contribution in [1.29, 1.82) is 0 Å². The van der Waals surface area contributed by atoms with Crippen LogP contribution in [0.15, 0.2) is 60.7 Å². The number of aliphatic hydroxyl groups is 1. The van der Waals surface area contributed by atoms with Gasteiger partial charge in [0.2, 0.25) is 0 Å². The largest absolute Gasteiger partial charge is 0.491 e. The van der Waals surface area contributed by atoms with E-state index in [0.29, 0.717) is 6.42 Å². The van der Waals surface area contributed by atoms with E-state index in [9.17, 15) is 5.11 Å². The monoisotopic (exact) mass is 286 g/mol. The molecule has 0 fully saturated rings. The van der Waals surface area contributed by atoms with Crippen molar-refractivity contribution >= 4 is 0 Å². The smallest absolute Gasteiger partial charge is 0.119 e. The zero-order chi connectivity index (χ0) is 14.9. The standard InChI is InChI=1S/C18H22O3/c1-2-16(21-18-11-7-4-8-12-18)13-15(19)14-20-17-9-5-3-6-10-17/h3-12,15-16,19H,2,13-14H2,1H3. The molecule has 0 aromatic heterocycles. The molecule has 0 saturated carbocycles. The molecule has 2 rings (SSSR count). The maximum absolute atomic E-state index is 10.1. The Morgan fingerprint density at radius 1 is 0.905 bits per heavy atom. The van der Waals surface area contributed by atoms with E-state index in [4.69, 9.17) is 9.47 Å². The third-order valence-corrected chi connectivity index (χ3v) is 3.22. The molecule has 21 heavy (non-hydrogen) atoms. The molecule has 0 amide bonds. The topological polar surface area (TPSA) is 38.7 Å². The number of ether oxygens (including phenoxy) is 2. The first kappa shape index (κ1) is 15.4. The van der Waals surface area contributed by atoms with E-state index in [1.165, 1.54) is 0 Å². The first-order valence-electron chi connectivity index (χ1n) is 7.35. The average Bonchev–Trinajstić information content (AvgIpc) is 2.54. The second kappa shape index (κ2) is 8.32. The van der Waals surface area contributed by atoms with Gasteiger partial charge in [-0.2, -0.15) is 0 Å². The SMILES string of the molecule is CCC(CC(O)COc1ccccc1)Oc1ccccc1. The lowest BCUT2D eigenvalue weighted by molar-refractivity contribution is 0.0569. The van der Waals surface area contributed by atoms with Crippen molar-refractivity contribution in [3.63, 3.8) is 0 Å². The Balaban J connectivity index is 1.78. The lowest BCUT2D eigenvalue weighted by Gasteiger charge is -2.21.